The van der Waals surface area contributed by atoms with E-state index in [-0.39, 0.29) is 10.8 Å². The van der Waals surface area contributed by atoms with Gasteiger partial charge in [0.15, 0.2) is 0 Å². The van der Waals surface area contributed by atoms with Crippen LogP contribution in [0.4, 0.5) is 0 Å². The second kappa shape index (κ2) is 13.6. The number of fused-ring (bicyclic) bond motifs is 6. The third-order valence-corrected chi connectivity index (χ3v) is 12.2. The predicted molar refractivity (Wildman–Crippen MR) is 244 cm³/mol. The van der Waals surface area contributed by atoms with E-state index in [1.54, 1.807) is 0 Å². The van der Waals surface area contributed by atoms with Gasteiger partial charge < -0.3 is 0 Å². The molecule has 0 aliphatic heterocycles. The summed E-state index contributed by atoms with van der Waals surface area (Å²) < 4.78 is 4.62. The SMILES string of the molecule is CC(C)(C)c1ccc(-n2c3ccccc3c3ccc(C(c4ccccc4)(c4ccccc4)c4ccc5c6ccncc6n(-c6ccc(C(C)(C)C)cn6)c5c4)cc32)nc1. The van der Waals surface area contributed by atoms with Gasteiger partial charge in [-0.15, -0.1) is 0 Å². The summed E-state index contributed by atoms with van der Waals surface area (Å²) in [7, 11) is 0. The maximum absolute atomic E-state index is 5.12. The minimum absolute atomic E-state index is 0.000244. The summed E-state index contributed by atoms with van der Waals surface area (Å²) in [6.07, 6.45) is 7.90. The van der Waals surface area contributed by atoms with Crippen molar-refractivity contribution in [2.24, 2.45) is 0 Å². The van der Waals surface area contributed by atoms with E-state index < -0.39 is 5.41 Å². The largest absolute Gasteiger partial charge is 0.294 e. The minimum atomic E-state index is -0.710. The molecule has 0 fully saturated rings. The highest BCUT2D eigenvalue weighted by molar-refractivity contribution is 6.10. The van der Waals surface area contributed by atoms with Crippen molar-refractivity contribution in [1.29, 1.82) is 0 Å². The number of para-hydroxylation sites is 1. The van der Waals surface area contributed by atoms with Crippen molar-refractivity contribution in [3.05, 3.63) is 210 Å². The van der Waals surface area contributed by atoms with Gasteiger partial charge in [-0.05, 0) is 80.6 Å². The summed E-state index contributed by atoms with van der Waals surface area (Å²) in [5, 5.41) is 4.69. The van der Waals surface area contributed by atoms with Crippen molar-refractivity contribution in [2.45, 2.75) is 57.8 Å². The first-order valence-electron chi connectivity index (χ1n) is 20.5. The molecule has 5 aromatic heterocycles. The molecule has 5 aromatic carbocycles. The topological polar surface area (TPSA) is 48.5 Å². The fourth-order valence-electron chi connectivity index (χ4n) is 9.10. The number of nitrogens with zero attached hydrogens (tertiary/aromatic N) is 5. The highest BCUT2D eigenvalue weighted by Gasteiger charge is 2.39. The molecule has 0 N–H and O–H groups in total. The van der Waals surface area contributed by atoms with Crippen molar-refractivity contribution < 1.29 is 0 Å². The molecule has 0 saturated carbocycles. The lowest BCUT2D eigenvalue weighted by atomic mass is 9.65. The van der Waals surface area contributed by atoms with Gasteiger partial charge in [-0.1, -0.05) is 157 Å². The van der Waals surface area contributed by atoms with Crippen molar-refractivity contribution in [3.8, 4) is 11.6 Å². The molecule has 0 saturated heterocycles. The Balaban J connectivity index is 1.29. The average Bonchev–Trinajstić information content (AvgIpc) is 3.76. The van der Waals surface area contributed by atoms with Gasteiger partial charge in [0.2, 0.25) is 0 Å². The van der Waals surface area contributed by atoms with Crippen LogP contribution in [0.15, 0.2) is 176 Å². The van der Waals surface area contributed by atoms with Gasteiger partial charge in [0.25, 0.3) is 0 Å². The first kappa shape index (κ1) is 36.5. The molecule has 0 aliphatic carbocycles. The van der Waals surface area contributed by atoms with Gasteiger partial charge in [0.1, 0.15) is 11.6 Å². The van der Waals surface area contributed by atoms with Crippen LogP contribution < -0.4 is 0 Å². The Morgan fingerprint density at radius 3 is 1.29 bits per heavy atom. The Bertz CT molecular complexity index is 2930. The summed E-state index contributed by atoms with van der Waals surface area (Å²) >= 11 is 0. The molecule has 0 atom stereocenters. The third-order valence-electron chi connectivity index (χ3n) is 12.2. The van der Waals surface area contributed by atoms with Crippen molar-refractivity contribution in [3.63, 3.8) is 0 Å². The van der Waals surface area contributed by atoms with Crippen LogP contribution in [0.1, 0.15) is 74.9 Å². The Morgan fingerprint density at radius 2 is 0.797 bits per heavy atom. The molecule has 0 radical (unpaired) electrons. The predicted octanol–water partition coefficient (Wildman–Crippen LogP) is 13.0. The molecular formula is C54H47N5. The molecule has 0 spiro atoms. The molecule has 288 valence electrons. The smallest absolute Gasteiger partial charge is 0.137 e. The van der Waals surface area contributed by atoms with E-state index in [0.29, 0.717) is 0 Å². The standard InChI is InChI=1S/C54H47N5/c1-52(2,3)40-23-27-50(56-33-40)58-46-20-14-13-19-42(46)43-25-21-38(31-47(43)58)54(36-15-9-7-10-16-36,37-17-11-8-12-18-37)39-22-26-44-45-29-30-55-35-49(45)59(48(44)32-39)51-28-24-41(34-57-51)53(4,5)6/h7-35H,1-6H3. The number of hydrogen-bond acceptors (Lipinski definition) is 3. The molecule has 10 rings (SSSR count). The van der Waals surface area contributed by atoms with E-state index in [1.165, 1.54) is 33.0 Å². The monoisotopic (exact) mass is 765 g/mol. The summed E-state index contributed by atoms with van der Waals surface area (Å²) in [6, 6.07) is 55.6. The second-order valence-electron chi connectivity index (χ2n) is 17.8. The van der Waals surface area contributed by atoms with Gasteiger partial charge >= 0.3 is 0 Å². The van der Waals surface area contributed by atoms with Gasteiger partial charge in [-0.3, -0.25) is 14.1 Å². The fourth-order valence-corrected chi connectivity index (χ4v) is 9.10. The first-order valence-corrected chi connectivity index (χ1v) is 20.5. The molecule has 5 heteroatoms. The zero-order valence-corrected chi connectivity index (χ0v) is 34.5. The van der Waals surface area contributed by atoms with Crippen molar-refractivity contribution >= 4 is 43.6 Å². The summed E-state index contributed by atoms with van der Waals surface area (Å²) in [6.45, 7) is 13.4. The molecule has 0 amide bonds. The zero-order chi connectivity index (χ0) is 40.5. The maximum Gasteiger partial charge on any atom is 0.137 e. The summed E-state index contributed by atoms with van der Waals surface area (Å²) in [5.74, 6) is 1.76. The van der Waals surface area contributed by atoms with Crippen molar-refractivity contribution in [2.75, 3.05) is 0 Å². The Kier molecular flexibility index (Phi) is 8.43. The van der Waals surface area contributed by atoms with Gasteiger partial charge in [-0.2, -0.15) is 0 Å². The fraction of sp³-hybridized carbons (Fsp3) is 0.167. The number of hydrogen-bond donors (Lipinski definition) is 0. The molecule has 10 aromatic rings. The van der Waals surface area contributed by atoms with Gasteiger partial charge in [-0.25, -0.2) is 9.97 Å². The zero-order valence-electron chi connectivity index (χ0n) is 34.5. The Hall–Kier alpha value is -6.85. The number of aromatic nitrogens is 5. The summed E-state index contributed by atoms with van der Waals surface area (Å²) in [5.41, 5.74) is 10.7. The molecule has 5 nitrogen and oxygen atoms in total. The Morgan fingerprint density at radius 1 is 0.356 bits per heavy atom. The lowest BCUT2D eigenvalue weighted by Gasteiger charge is -2.37. The first-order chi connectivity index (χ1) is 28.5. The van der Waals surface area contributed by atoms with E-state index in [2.05, 4.69) is 207 Å². The average molecular weight is 766 g/mol. The van der Waals surface area contributed by atoms with Crippen LogP contribution in [0.2, 0.25) is 0 Å². The lowest BCUT2D eigenvalue weighted by molar-refractivity contribution is 0.587. The number of pyridine rings is 3. The van der Waals surface area contributed by atoms with Crippen LogP contribution in [0.25, 0.3) is 55.2 Å². The lowest BCUT2D eigenvalue weighted by Crippen LogP contribution is -2.31. The quantitative estimate of drug-likeness (QED) is 0.158. The Labute approximate surface area is 345 Å². The van der Waals surface area contributed by atoms with E-state index in [0.717, 1.165) is 55.6 Å². The highest BCUT2D eigenvalue weighted by atomic mass is 15.1. The van der Waals surface area contributed by atoms with E-state index >= 15 is 0 Å². The highest BCUT2D eigenvalue weighted by Crippen LogP contribution is 2.48. The van der Waals surface area contributed by atoms with Crippen molar-refractivity contribution in [1.82, 2.24) is 24.1 Å². The molecule has 0 unspecified atom stereocenters. The van der Waals surface area contributed by atoms with Crippen LogP contribution >= 0.6 is 0 Å². The minimum Gasteiger partial charge on any atom is -0.294 e. The number of benzene rings is 5. The third kappa shape index (κ3) is 5.86. The van der Waals surface area contributed by atoms with Crippen LogP contribution in [0, 0.1) is 0 Å². The molecule has 59 heavy (non-hydrogen) atoms. The second-order valence-corrected chi connectivity index (χ2v) is 17.8. The molecule has 0 aliphatic rings. The van der Waals surface area contributed by atoms with Gasteiger partial charge in [0, 0.05) is 40.1 Å². The normalized spacial score (nSPS) is 12.6. The molecule has 5 heterocycles. The molecular weight excluding hydrogens is 719 g/mol. The van der Waals surface area contributed by atoms with Gasteiger partial charge in [0.05, 0.1) is 33.7 Å². The van der Waals surface area contributed by atoms with E-state index in [9.17, 15) is 0 Å². The maximum atomic E-state index is 5.12. The number of rotatable bonds is 6. The summed E-state index contributed by atoms with van der Waals surface area (Å²) in [4.78, 5) is 14.8. The van der Waals surface area contributed by atoms with Crippen LogP contribution in [0.5, 0.6) is 0 Å². The molecule has 0 bridgehead atoms. The van der Waals surface area contributed by atoms with Crippen LogP contribution in [-0.2, 0) is 16.2 Å². The van der Waals surface area contributed by atoms with E-state index in [4.69, 9.17) is 9.97 Å². The van der Waals surface area contributed by atoms with E-state index in [1.807, 2.05) is 24.8 Å². The van der Waals surface area contributed by atoms with Crippen LogP contribution in [0.3, 0.4) is 0 Å². The van der Waals surface area contributed by atoms with Crippen LogP contribution in [-0.4, -0.2) is 24.1 Å².